The topological polar surface area (TPSA) is 119 Å². The van der Waals surface area contributed by atoms with E-state index >= 15 is 0 Å². The molecule has 0 unspecified atom stereocenters. The monoisotopic (exact) mass is 472 g/mol. The zero-order chi connectivity index (χ0) is 24.0. The lowest BCUT2D eigenvalue weighted by atomic mass is 10.2. The van der Waals surface area contributed by atoms with Crippen molar-refractivity contribution < 1.29 is 18.8 Å². The summed E-state index contributed by atoms with van der Waals surface area (Å²) in [4.78, 5) is 45.9. The van der Waals surface area contributed by atoms with Gasteiger partial charge in [-0.05, 0) is 56.6 Å². The van der Waals surface area contributed by atoms with Crippen LogP contribution < -0.4 is 16.0 Å². The summed E-state index contributed by atoms with van der Waals surface area (Å²) < 4.78 is 13.1. The number of hydrogen-bond acceptors (Lipinski definition) is 5. The van der Waals surface area contributed by atoms with Crippen LogP contribution >= 0.6 is 11.6 Å². The second-order valence-corrected chi connectivity index (χ2v) is 7.70. The maximum Gasteiger partial charge on any atom is 0.276 e. The fraction of sp³-hybridized carbons (Fsp3) is 0.182. The first-order valence-electron chi connectivity index (χ1n) is 9.88. The average Bonchev–Trinajstić information content (AvgIpc) is 3.26. The van der Waals surface area contributed by atoms with Crippen LogP contribution in [0.3, 0.4) is 0 Å². The van der Waals surface area contributed by atoms with Gasteiger partial charge in [-0.3, -0.25) is 14.4 Å². The Morgan fingerprint density at radius 3 is 2.42 bits per heavy atom. The molecule has 172 valence electrons. The first kappa shape index (κ1) is 23.9. The summed E-state index contributed by atoms with van der Waals surface area (Å²) in [5.74, 6) is -1.98. The summed E-state index contributed by atoms with van der Waals surface area (Å²) in [5.41, 5.74) is 0.978. The standard InChI is InChI=1S/C22H22ClFN6O3/c1-30(2)10-9-25-21(32)18-19(27-12-26-18)22(33)28-15-6-3-13(4-7-15)20(31)29-17-8-5-14(24)11-16(17)23/h3-8,11-12H,9-10H2,1-2H3,(H,25,32)(H,26,27)(H,28,33)(H,29,31). The van der Waals surface area contributed by atoms with Gasteiger partial charge in [0.15, 0.2) is 5.69 Å². The Balaban J connectivity index is 1.62. The third-order valence-corrected chi connectivity index (χ3v) is 4.82. The van der Waals surface area contributed by atoms with Gasteiger partial charge in [-0.25, -0.2) is 9.37 Å². The van der Waals surface area contributed by atoms with Crippen molar-refractivity contribution in [3.63, 3.8) is 0 Å². The molecule has 0 atom stereocenters. The van der Waals surface area contributed by atoms with Crippen LogP contribution in [0.5, 0.6) is 0 Å². The molecule has 4 N–H and O–H groups in total. The molecule has 33 heavy (non-hydrogen) atoms. The largest absolute Gasteiger partial charge is 0.349 e. The molecule has 0 aliphatic rings. The zero-order valence-electron chi connectivity index (χ0n) is 17.9. The number of nitrogens with one attached hydrogen (secondary N) is 4. The maximum absolute atomic E-state index is 13.1. The van der Waals surface area contributed by atoms with Crippen LogP contribution in [0.25, 0.3) is 0 Å². The molecule has 1 heterocycles. The molecule has 0 aliphatic heterocycles. The number of anilines is 2. The summed E-state index contributed by atoms with van der Waals surface area (Å²) in [6.07, 6.45) is 1.27. The minimum atomic E-state index is -0.579. The second-order valence-electron chi connectivity index (χ2n) is 7.30. The molecule has 3 rings (SSSR count). The Hall–Kier alpha value is -3.76. The Morgan fingerprint density at radius 1 is 1.03 bits per heavy atom. The van der Waals surface area contributed by atoms with E-state index < -0.39 is 23.5 Å². The van der Waals surface area contributed by atoms with Crippen LogP contribution in [0.4, 0.5) is 15.8 Å². The van der Waals surface area contributed by atoms with Crippen molar-refractivity contribution in [2.45, 2.75) is 0 Å². The normalized spacial score (nSPS) is 10.7. The fourth-order valence-electron chi connectivity index (χ4n) is 2.80. The molecule has 0 spiro atoms. The van der Waals surface area contributed by atoms with Gasteiger partial charge in [0.2, 0.25) is 0 Å². The third kappa shape index (κ3) is 6.37. The number of hydrogen-bond donors (Lipinski definition) is 4. The molecule has 3 amide bonds. The molecule has 0 radical (unpaired) electrons. The average molecular weight is 473 g/mol. The number of imidazole rings is 1. The van der Waals surface area contributed by atoms with Gasteiger partial charge in [-0.1, -0.05) is 11.6 Å². The van der Waals surface area contributed by atoms with Gasteiger partial charge in [-0.15, -0.1) is 0 Å². The number of benzene rings is 2. The number of carbonyl (C=O) groups is 3. The minimum absolute atomic E-state index is 0.0508. The smallest absolute Gasteiger partial charge is 0.276 e. The minimum Gasteiger partial charge on any atom is -0.349 e. The van der Waals surface area contributed by atoms with E-state index in [4.69, 9.17) is 11.6 Å². The fourth-order valence-corrected chi connectivity index (χ4v) is 3.02. The van der Waals surface area contributed by atoms with E-state index in [0.29, 0.717) is 24.3 Å². The Morgan fingerprint density at radius 2 is 1.76 bits per heavy atom. The van der Waals surface area contributed by atoms with Crippen molar-refractivity contribution >= 4 is 40.7 Å². The number of H-pyrrole nitrogens is 1. The first-order valence-corrected chi connectivity index (χ1v) is 10.3. The number of nitrogens with zero attached hydrogens (tertiary/aromatic N) is 2. The lowest BCUT2D eigenvalue weighted by molar-refractivity contribution is 0.0933. The van der Waals surface area contributed by atoms with E-state index in [0.717, 1.165) is 6.07 Å². The molecular weight excluding hydrogens is 451 g/mol. The number of halogens is 2. The SMILES string of the molecule is CN(C)CCNC(=O)c1[nH]cnc1C(=O)Nc1ccc(C(=O)Nc2ccc(F)cc2Cl)cc1. The number of carbonyl (C=O) groups excluding carboxylic acids is 3. The zero-order valence-corrected chi connectivity index (χ0v) is 18.7. The highest BCUT2D eigenvalue weighted by molar-refractivity contribution is 6.33. The van der Waals surface area contributed by atoms with Gasteiger partial charge in [-0.2, -0.15) is 0 Å². The van der Waals surface area contributed by atoms with Crippen molar-refractivity contribution in [3.05, 3.63) is 76.6 Å². The summed E-state index contributed by atoms with van der Waals surface area (Å²) in [7, 11) is 3.77. The van der Waals surface area contributed by atoms with Gasteiger partial charge in [0.25, 0.3) is 17.7 Å². The highest BCUT2D eigenvalue weighted by atomic mass is 35.5. The molecule has 3 aromatic rings. The molecule has 0 saturated heterocycles. The number of likely N-dealkylation sites (N-methyl/N-ethyl adjacent to an activating group) is 1. The highest BCUT2D eigenvalue weighted by Crippen LogP contribution is 2.23. The van der Waals surface area contributed by atoms with E-state index in [1.54, 1.807) is 0 Å². The molecule has 0 saturated carbocycles. The van der Waals surface area contributed by atoms with Crippen LogP contribution in [0.15, 0.2) is 48.8 Å². The van der Waals surface area contributed by atoms with Gasteiger partial charge < -0.3 is 25.8 Å². The van der Waals surface area contributed by atoms with E-state index in [9.17, 15) is 18.8 Å². The number of amides is 3. The molecule has 1 aromatic heterocycles. The van der Waals surface area contributed by atoms with E-state index in [-0.39, 0.29) is 22.1 Å². The molecule has 11 heteroatoms. The van der Waals surface area contributed by atoms with Crippen LogP contribution in [-0.2, 0) is 0 Å². The third-order valence-electron chi connectivity index (χ3n) is 4.51. The Bertz CT molecular complexity index is 1160. The van der Waals surface area contributed by atoms with Crippen molar-refractivity contribution in [2.75, 3.05) is 37.8 Å². The Labute approximate surface area is 194 Å². The lowest BCUT2D eigenvalue weighted by Gasteiger charge is -2.10. The second kappa shape index (κ2) is 10.7. The van der Waals surface area contributed by atoms with Crippen molar-refractivity contribution in [1.29, 1.82) is 0 Å². The van der Waals surface area contributed by atoms with Gasteiger partial charge in [0.05, 0.1) is 17.0 Å². The predicted molar refractivity (Wildman–Crippen MR) is 123 cm³/mol. The van der Waals surface area contributed by atoms with Crippen molar-refractivity contribution in [3.8, 4) is 0 Å². The lowest BCUT2D eigenvalue weighted by Crippen LogP contribution is -2.32. The molecule has 2 aromatic carbocycles. The molecule has 0 bridgehead atoms. The number of aromatic amines is 1. The summed E-state index contributed by atoms with van der Waals surface area (Å²) >= 11 is 5.93. The van der Waals surface area contributed by atoms with E-state index in [2.05, 4.69) is 25.9 Å². The first-order chi connectivity index (χ1) is 15.7. The van der Waals surface area contributed by atoms with Crippen LogP contribution in [0.1, 0.15) is 31.3 Å². The quantitative estimate of drug-likeness (QED) is 0.402. The number of rotatable bonds is 8. The number of aromatic nitrogens is 2. The summed E-state index contributed by atoms with van der Waals surface area (Å²) in [6, 6.07) is 9.71. The van der Waals surface area contributed by atoms with Gasteiger partial charge >= 0.3 is 0 Å². The van der Waals surface area contributed by atoms with Crippen LogP contribution in [-0.4, -0.2) is 59.8 Å². The van der Waals surface area contributed by atoms with E-state index in [1.807, 2.05) is 19.0 Å². The summed E-state index contributed by atoms with van der Waals surface area (Å²) in [6.45, 7) is 1.06. The molecule has 0 fully saturated rings. The van der Waals surface area contributed by atoms with Crippen LogP contribution in [0.2, 0.25) is 5.02 Å². The van der Waals surface area contributed by atoms with Gasteiger partial charge in [0.1, 0.15) is 11.5 Å². The molecule has 9 nitrogen and oxygen atoms in total. The summed E-state index contributed by atoms with van der Waals surface area (Å²) in [5, 5.41) is 8.03. The molecule has 0 aliphatic carbocycles. The van der Waals surface area contributed by atoms with E-state index in [1.165, 1.54) is 42.7 Å². The van der Waals surface area contributed by atoms with Crippen molar-refractivity contribution in [1.82, 2.24) is 20.2 Å². The van der Waals surface area contributed by atoms with Crippen molar-refractivity contribution in [2.24, 2.45) is 0 Å². The predicted octanol–water partition coefficient (Wildman–Crippen LogP) is 3.00. The van der Waals surface area contributed by atoms with Crippen LogP contribution in [0, 0.1) is 5.82 Å². The van der Waals surface area contributed by atoms with Gasteiger partial charge in [0, 0.05) is 24.3 Å². The molecular formula is C22H22ClFN6O3. The maximum atomic E-state index is 13.1. The Kier molecular flexibility index (Phi) is 7.75. The highest BCUT2D eigenvalue weighted by Gasteiger charge is 2.20.